The Kier molecular flexibility index (Phi) is 5.09. The second kappa shape index (κ2) is 6.17. The first-order chi connectivity index (χ1) is 6.29. The lowest BCUT2D eigenvalue weighted by Crippen LogP contribution is -1.87. The average molecular weight is 217 g/mol. The van der Waals surface area contributed by atoms with E-state index in [9.17, 15) is 4.79 Å². The van der Waals surface area contributed by atoms with E-state index >= 15 is 0 Å². The van der Waals surface area contributed by atoms with Crippen LogP contribution in [-0.4, -0.2) is 5.24 Å². The highest BCUT2D eigenvalue weighted by Gasteiger charge is 1.96. The fraction of sp³-hybridized carbons (Fsp3) is 0.500. The zero-order chi connectivity index (χ0) is 9.52. The maximum Gasteiger partial charge on any atom is 0.221 e. The molecule has 0 N–H and O–H groups in total. The largest absolute Gasteiger partial charge is 0.281 e. The fourth-order valence-electron chi connectivity index (χ4n) is 1.20. The van der Waals surface area contributed by atoms with Gasteiger partial charge in [0.15, 0.2) is 0 Å². The Labute approximate surface area is 87.7 Å². The van der Waals surface area contributed by atoms with Gasteiger partial charge in [-0.05, 0) is 53.3 Å². The number of hydrogen-bond donors (Lipinski definition) is 0. The van der Waals surface area contributed by atoms with E-state index in [1.807, 2.05) is 0 Å². The van der Waals surface area contributed by atoms with Gasteiger partial charge in [-0.25, -0.2) is 0 Å². The monoisotopic (exact) mass is 216 g/mol. The summed E-state index contributed by atoms with van der Waals surface area (Å²) in [7, 11) is 0. The van der Waals surface area contributed by atoms with E-state index in [-0.39, 0.29) is 5.24 Å². The molecule has 1 nitrogen and oxygen atoms in total. The number of thiophene rings is 1. The van der Waals surface area contributed by atoms with Gasteiger partial charge >= 0.3 is 0 Å². The summed E-state index contributed by atoms with van der Waals surface area (Å²) in [6.45, 7) is 0. The van der Waals surface area contributed by atoms with E-state index in [1.54, 1.807) is 11.3 Å². The highest BCUT2D eigenvalue weighted by Crippen LogP contribution is 2.11. The summed E-state index contributed by atoms with van der Waals surface area (Å²) >= 11 is 6.95. The van der Waals surface area contributed by atoms with Gasteiger partial charge in [0.2, 0.25) is 5.24 Å². The molecule has 72 valence electrons. The minimum atomic E-state index is -0.212. The summed E-state index contributed by atoms with van der Waals surface area (Å²) in [6.07, 6.45) is 4.81. The fourth-order valence-corrected chi connectivity index (χ4v) is 2.04. The number of rotatable bonds is 6. The normalized spacial score (nSPS) is 10.2. The van der Waals surface area contributed by atoms with Gasteiger partial charge in [-0.1, -0.05) is 6.42 Å². The smallest absolute Gasteiger partial charge is 0.221 e. The first-order valence-corrected chi connectivity index (χ1v) is 5.80. The molecular weight excluding hydrogens is 204 g/mol. The van der Waals surface area contributed by atoms with E-state index in [0.717, 1.165) is 25.7 Å². The number of halogens is 1. The molecule has 0 saturated heterocycles. The summed E-state index contributed by atoms with van der Waals surface area (Å²) < 4.78 is 0. The summed E-state index contributed by atoms with van der Waals surface area (Å²) in [6, 6.07) is 2.15. The minimum Gasteiger partial charge on any atom is -0.281 e. The van der Waals surface area contributed by atoms with Crippen LogP contribution >= 0.6 is 22.9 Å². The van der Waals surface area contributed by atoms with Crippen molar-refractivity contribution in [3.63, 3.8) is 0 Å². The molecule has 1 aromatic rings. The van der Waals surface area contributed by atoms with Crippen molar-refractivity contribution in [3.8, 4) is 0 Å². The Bertz CT molecular complexity index is 243. The van der Waals surface area contributed by atoms with Crippen LogP contribution in [0.2, 0.25) is 0 Å². The Morgan fingerprint density at radius 2 is 2.23 bits per heavy atom. The zero-order valence-corrected chi connectivity index (χ0v) is 9.03. The summed E-state index contributed by atoms with van der Waals surface area (Å²) in [5.74, 6) is 0. The molecular formula is C10H13ClOS. The zero-order valence-electron chi connectivity index (χ0n) is 7.46. The molecule has 1 aromatic heterocycles. The lowest BCUT2D eigenvalue weighted by molar-refractivity contribution is -0.111. The molecule has 0 aliphatic rings. The molecule has 1 rings (SSSR count). The molecule has 0 amide bonds. The maximum absolute atomic E-state index is 10.4. The van der Waals surface area contributed by atoms with Crippen LogP contribution in [0.15, 0.2) is 16.8 Å². The molecule has 0 unspecified atom stereocenters. The van der Waals surface area contributed by atoms with Crippen molar-refractivity contribution in [1.82, 2.24) is 0 Å². The summed E-state index contributed by atoms with van der Waals surface area (Å²) in [4.78, 5) is 10.4. The van der Waals surface area contributed by atoms with Gasteiger partial charge in [0.05, 0.1) is 0 Å². The van der Waals surface area contributed by atoms with Gasteiger partial charge in [-0.3, -0.25) is 4.79 Å². The Hall–Kier alpha value is -0.340. The maximum atomic E-state index is 10.4. The number of carbonyl (C=O) groups excluding carboxylic acids is 1. The van der Waals surface area contributed by atoms with Gasteiger partial charge < -0.3 is 0 Å². The first-order valence-electron chi connectivity index (χ1n) is 4.48. The van der Waals surface area contributed by atoms with E-state index in [4.69, 9.17) is 11.6 Å². The van der Waals surface area contributed by atoms with Crippen LogP contribution in [-0.2, 0) is 11.2 Å². The molecule has 13 heavy (non-hydrogen) atoms. The highest BCUT2D eigenvalue weighted by molar-refractivity contribution is 7.07. The molecule has 0 aliphatic carbocycles. The molecule has 0 aromatic carbocycles. The molecule has 0 saturated carbocycles. The van der Waals surface area contributed by atoms with Gasteiger partial charge in [0.25, 0.3) is 0 Å². The predicted octanol–water partition coefficient (Wildman–Crippen LogP) is 3.62. The van der Waals surface area contributed by atoms with E-state index in [0.29, 0.717) is 6.42 Å². The van der Waals surface area contributed by atoms with Crippen molar-refractivity contribution in [2.45, 2.75) is 32.1 Å². The number of unbranched alkanes of at least 4 members (excludes halogenated alkanes) is 2. The Balaban J connectivity index is 1.99. The lowest BCUT2D eigenvalue weighted by atomic mass is 10.1. The third-order valence-electron chi connectivity index (χ3n) is 1.92. The molecule has 0 radical (unpaired) electrons. The van der Waals surface area contributed by atoms with Gasteiger partial charge in [0.1, 0.15) is 0 Å². The van der Waals surface area contributed by atoms with Crippen LogP contribution in [0.4, 0.5) is 0 Å². The average Bonchev–Trinajstić information content (AvgIpc) is 2.55. The van der Waals surface area contributed by atoms with Crippen molar-refractivity contribution in [1.29, 1.82) is 0 Å². The van der Waals surface area contributed by atoms with E-state index in [1.165, 1.54) is 5.56 Å². The third-order valence-corrected chi connectivity index (χ3v) is 2.84. The van der Waals surface area contributed by atoms with E-state index in [2.05, 4.69) is 16.8 Å². The van der Waals surface area contributed by atoms with Crippen LogP contribution < -0.4 is 0 Å². The van der Waals surface area contributed by atoms with Gasteiger partial charge in [-0.2, -0.15) is 11.3 Å². The van der Waals surface area contributed by atoms with Crippen LogP contribution in [0, 0.1) is 0 Å². The van der Waals surface area contributed by atoms with Gasteiger partial charge in [0, 0.05) is 6.42 Å². The summed E-state index contributed by atoms with van der Waals surface area (Å²) in [5, 5.41) is 4.06. The molecule has 0 fully saturated rings. The number of aryl methyl sites for hydroxylation is 1. The molecule has 1 heterocycles. The van der Waals surface area contributed by atoms with Crippen molar-refractivity contribution < 1.29 is 4.79 Å². The van der Waals surface area contributed by atoms with Crippen LogP contribution in [0.25, 0.3) is 0 Å². The van der Waals surface area contributed by atoms with Crippen LogP contribution in [0.3, 0.4) is 0 Å². The lowest BCUT2D eigenvalue weighted by Gasteiger charge is -1.96. The molecule has 0 aliphatic heterocycles. The molecule has 3 heteroatoms. The molecule has 0 atom stereocenters. The molecule has 0 bridgehead atoms. The Morgan fingerprint density at radius 1 is 1.38 bits per heavy atom. The van der Waals surface area contributed by atoms with Crippen LogP contribution in [0.5, 0.6) is 0 Å². The predicted molar refractivity (Wildman–Crippen MR) is 57.4 cm³/mol. The molecule has 0 spiro atoms. The van der Waals surface area contributed by atoms with Crippen molar-refractivity contribution in [2.75, 3.05) is 0 Å². The third kappa shape index (κ3) is 5.06. The summed E-state index contributed by atoms with van der Waals surface area (Å²) in [5.41, 5.74) is 1.40. The van der Waals surface area contributed by atoms with Crippen molar-refractivity contribution in [3.05, 3.63) is 22.4 Å². The number of carbonyl (C=O) groups is 1. The second-order valence-electron chi connectivity index (χ2n) is 3.05. The Morgan fingerprint density at radius 3 is 2.85 bits per heavy atom. The second-order valence-corrected chi connectivity index (χ2v) is 4.25. The van der Waals surface area contributed by atoms with Crippen molar-refractivity contribution >= 4 is 28.2 Å². The number of hydrogen-bond acceptors (Lipinski definition) is 2. The van der Waals surface area contributed by atoms with E-state index < -0.39 is 0 Å². The topological polar surface area (TPSA) is 17.1 Å². The quantitative estimate of drug-likeness (QED) is 0.525. The van der Waals surface area contributed by atoms with Gasteiger partial charge in [-0.15, -0.1) is 0 Å². The van der Waals surface area contributed by atoms with Crippen LogP contribution in [0.1, 0.15) is 31.2 Å². The standard InChI is InChI=1S/C10H13ClOS/c11-10(12)5-3-1-2-4-9-6-7-13-8-9/h6-8H,1-5H2. The van der Waals surface area contributed by atoms with Crippen molar-refractivity contribution in [2.24, 2.45) is 0 Å². The highest BCUT2D eigenvalue weighted by atomic mass is 35.5. The SMILES string of the molecule is O=C(Cl)CCCCCc1ccsc1. The minimum absolute atomic E-state index is 0.212. The first kappa shape index (κ1) is 10.7.